The molecule has 1 nitrogen and oxygen atoms in total. The van der Waals surface area contributed by atoms with Crippen LogP contribution in [0.15, 0.2) is 24.3 Å². The maximum absolute atomic E-state index is 13.8. The molecule has 1 N–H and O–H groups in total. The first-order chi connectivity index (χ1) is 9.46. The molecule has 1 aromatic rings. The van der Waals surface area contributed by atoms with E-state index in [0.717, 1.165) is 18.5 Å². The van der Waals surface area contributed by atoms with E-state index in [1.807, 2.05) is 12.1 Å². The maximum atomic E-state index is 13.8. The van der Waals surface area contributed by atoms with Crippen molar-refractivity contribution in [3.63, 3.8) is 0 Å². The van der Waals surface area contributed by atoms with Gasteiger partial charge < -0.3 is 5.32 Å². The Bertz CT molecular complexity index is 422. The Morgan fingerprint density at radius 2 is 1.75 bits per heavy atom. The monoisotopic (exact) mass is 277 g/mol. The number of hydrogen-bond acceptors (Lipinski definition) is 1. The van der Waals surface area contributed by atoms with Crippen LogP contribution in [0.4, 0.5) is 4.39 Å². The van der Waals surface area contributed by atoms with Gasteiger partial charge in [-0.2, -0.15) is 0 Å². The molecule has 0 amide bonds. The summed E-state index contributed by atoms with van der Waals surface area (Å²) in [4.78, 5) is 0. The van der Waals surface area contributed by atoms with Gasteiger partial charge >= 0.3 is 0 Å². The SMILES string of the molecule is CC(C)(C)NCC1CCCCC1Cc1ccccc1F. The van der Waals surface area contributed by atoms with Crippen molar-refractivity contribution >= 4 is 0 Å². The minimum atomic E-state index is -0.0411. The molecule has 2 heteroatoms. The Kier molecular flexibility index (Phi) is 5.20. The molecule has 1 aliphatic rings. The number of benzene rings is 1. The third kappa shape index (κ3) is 4.59. The van der Waals surface area contributed by atoms with Gasteiger partial charge in [-0.1, -0.05) is 31.0 Å². The van der Waals surface area contributed by atoms with Crippen molar-refractivity contribution in [1.29, 1.82) is 0 Å². The summed E-state index contributed by atoms with van der Waals surface area (Å²) < 4.78 is 13.8. The largest absolute Gasteiger partial charge is 0.312 e. The highest BCUT2D eigenvalue weighted by molar-refractivity contribution is 5.18. The van der Waals surface area contributed by atoms with Crippen molar-refractivity contribution in [2.75, 3.05) is 6.54 Å². The summed E-state index contributed by atoms with van der Waals surface area (Å²) in [6.07, 6.45) is 6.03. The molecule has 0 aliphatic heterocycles. The lowest BCUT2D eigenvalue weighted by Crippen LogP contribution is -2.41. The van der Waals surface area contributed by atoms with Crippen molar-refractivity contribution in [3.05, 3.63) is 35.6 Å². The van der Waals surface area contributed by atoms with Crippen molar-refractivity contribution < 1.29 is 4.39 Å². The Morgan fingerprint density at radius 3 is 2.40 bits per heavy atom. The lowest BCUT2D eigenvalue weighted by molar-refractivity contribution is 0.212. The van der Waals surface area contributed by atoms with E-state index in [4.69, 9.17) is 0 Å². The van der Waals surface area contributed by atoms with Crippen LogP contribution in [0, 0.1) is 17.7 Å². The second kappa shape index (κ2) is 6.71. The molecule has 1 aliphatic carbocycles. The molecule has 0 saturated heterocycles. The van der Waals surface area contributed by atoms with Gasteiger partial charge in [0.05, 0.1) is 0 Å². The topological polar surface area (TPSA) is 12.0 Å². The van der Waals surface area contributed by atoms with E-state index in [9.17, 15) is 4.39 Å². The van der Waals surface area contributed by atoms with Crippen molar-refractivity contribution in [2.45, 2.75) is 58.4 Å². The zero-order chi connectivity index (χ0) is 14.6. The molecule has 1 fully saturated rings. The first-order valence-electron chi connectivity index (χ1n) is 7.94. The molecule has 2 rings (SSSR count). The van der Waals surface area contributed by atoms with Crippen LogP contribution in [0.25, 0.3) is 0 Å². The van der Waals surface area contributed by atoms with Crippen LogP contribution in [0.5, 0.6) is 0 Å². The summed E-state index contributed by atoms with van der Waals surface area (Å²) in [5.74, 6) is 1.26. The summed E-state index contributed by atoms with van der Waals surface area (Å²) in [5.41, 5.74) is 1.06. The lowest BCUT2D eigenvalue weighted by Gasteiger charge is -2.34. The average molecular weight is 277 g/mol. The van der Waals surface area contributed by atoms with Gasteiger partial charge in [0.25, 0.3) is 0 Å². The Morgan fingerprint density at radius 1 is 1.10 bits per heavy atom. The van der Waals surface area contributed by atoms with Crippen molar-refractivity contribution in [3.8, 4) is 0 Å². The normalized spacial score (nSPS) is 23.8. The van der Waals surface area contributed by atoms with Gasteiger partial charge in [0.15, 0.2) is 0 Å². The molecule has 20 heavy (non-hydrogen) atoms. The number of nitrogens with one attached hydrogen (secondary N) is 1. The van der Waals surface area contributed by atoms with E-state index < -0.39 is 0 Å². The van der Waals surface area contributed by atoms with E-state index in [2.05, 4.69) is 26.1 Å². The highest BCUT2D eigenvalue weighted by Crippen LogP contribution is 2.33. The van der Waals surface area contributed by atoms with Crippen molar-refractivity contribution in [1.82, 2.24) is 5.32 Å². The zero-order valence-electron chi connectivity index (χ0n) is 13.1. The zero-order valence-corrected chi connectivity index (χ0v) is 13.1. The molecular formula is C18H28FN. The van der Waals surface area contributed by atoms with E-state index in [0.29, 0.717) is 11.8 Å². The van der Waals surface area contributed by atoms with Crippen LogP contribution in [0.3, 0.4) is 0 Å². The molecule has 0 heterocycles. The predicted octanol–water partition coefficient (Wildman–Crippen LogP) is 4.56. The van der Waals surface area contributed by atoms with Crippen LogP contribution in [-0.4, -0.2) is 12.1 Å². The summed E-state index contributed by atoms with van der Waals surface area (Å²) in [6.45, 7) is 7.69. The van der Waals surface area contributed by atoms with Crippen LogP contribution >= 0.6 is 0 Å². The second-order valence-corrected chi connectivity index (χ2v) is 7.23. The number of rotatable bonds is 4. The first-order valence-corrected chi connectivity index (χ1v) is 7.94. The fourth-order valence-electron chi connectivity index (χ4n) is 3.21. The van der Waals surface area contributed by atoms with Gasteiger partial charge in [0.1, 0.15) is 5.82 Å². The molecule has 2 atom stereocenters. The van der Waals surface area contributed by atoms with E-state index >= 15 is 0 Å². The molecular weight excluding hydrogens is 249 g/mol. The summed E-state index contributed by atoms with van der Waals surface area (Å²) in [6, 6.07) is 7.25. The highest BCUT2D eigenvalue weighted by atomic mass is 19.1. The fourth-order valence-corrected chi connectivity index (χ4v) is 3.21. The molecule has 0 aromatic heterocycles. The van der Waals surface area contributed by atoms with Crippen LogP contribution < -0.4 is 5.32 Å². The summed E-state index contributed by atoms with van der Waals surface area (Å²) in [5, 5.41) is 3.63. The molecule has 1 saturated carbocycles. The number of halogens is 1. The molecule has 1 aromatic carbocycles. The summed E-state index contributed by atoms with van der Waals surface area (Å²) in [7, 11) is 0. The van der Waals surface area contributed by atoms with Gasteiger partial charge in [0.2, 0.25) is 0 Å². The standard InChI is InChI=1S/C18H28FN/c1-18(2,3)20-13-16-10-5-4-8-14(16)12-15-9-6-7-11-17(15)19/h6-7,9,11,14,16,20H,4-5,8,10,12-13H2,1-3H3. The molecule has 0 spiro atoms. The van der Waals surface area contributed by atoms with E-state index in [1.54, 1.807) is 12.1 Å². The molecule has 112 valence electrons. The van der Waals surface area contributed by atoms with Crippen LogP contribution in [0.1, 0.15) is 52.0 Å². The van der Waals surface area contributed by atoms with Gasteiger partial charge in [-0.05, 0) is 70.0 Å². The average Bonchev–Trinajstić information content (AvgIpc) is 2.39. The lowest BCUT2D eigenvalue weighted by atomic mass is 9.76. The Labute approximate surface area is 123 Å². The van der Waals surface area contributed by atoms with Gasteiger partial charge in [-0.3, -0.25) is 0 Å². The van der Waals surface area contributed by atoms with Crippen molar-refractivity contribution in [2.24, 2.45) is 11.8 Å². The Balaban J connectivity index is 1.98. The second-order valence-electron chi connectivity index (χ2n) is 7.23. The van der Waals surface area contributed by atoms with E-state index in [1.165, 1.54) is 25.7 Å². The quantitative estimate of drug-likeness (QED) is 0.850. The van der Waals surface area contributed by atoms with Crippen LogP contribution in [-0.2, 0) is 6.42 Å². The molecule has 0 bridgehead atoms. The Hall–Kier alpha value is -0.890. The fraction of sp³-hybridized carbons (Fsp3) is 0.667. The minimum Gasteiger partial charge on any atom is -0.312 e. The third-order valence-electron chi connectivity index (χ3n) is 4.40. The van der Waals surface area contributed by atoms with Gasteiger partial charge in [-0.25, -0.2) is 4.39 Å². The maximum Gasteiger partial charge on any atom is 0.126 e. The summed E-state index contributed by atoms with van der Waals surface area (Å²) >= 11 is 0. The number of hydrogen-bond donors (Lipinski definition) is 1. The third-order valence-corrected chi connectivity index (χ3v) is 4.40. The minimum absolute atomic E-state index is 0.0411. The highest BCUT2D eigenvalue weighted by Gasteiger charge is 2.26. The van der Waals surface area contributed by atoms with Gasteiger partial charge in [0, 0.05) is 5.54 Å². The van der Waals surface area contributed by atoms with Crippen LogP contribution in [0.2, 0.25) is 0 Å². The smallest absolute Gasteiger partial charge is 0.126 e. The predicted molar refractivity (Wildman–Crippen MR) is 83.3 cm³/mol. The first kappa shape index (κ1) is 15.5. The molecule has 2 unspecified atom stereocenters. The van der Waals surface area contributed by atoms with Gasteiger partial charge in [-0.15, -0.1) is 0 Å². The molecule has 0 radical (unpaired) electrons. The van der Waals surface area contributed by atoms with E-state index in [-0.39, 0.29) is 11.4 Å².